The van der Waals surface area contributed by atoms with Gasteiger partial charge >= 0.3 is 5.97 Å². The predicted octanol–water partition coefficient (Wildman–Crippen LogP) is 1.17. The van der Waals surface area contributed by atoms with Crippen molar-refractivity contribution in [2.45, 2.75) is 25.0 Å². The highest BCUT2D eigenvalue weighted by Gasteiger charge is 2.29. The molecule has 2 N–H and O–H groups in total. The first kappa shape index (κ1) is 12.1. The fourth-order valence-electron chi connectivity index (χ4n) is 1.73. The second-order valence-electron chi connectivity index (χ2n) is 3.80. The molecule has 0 spiro atoms. The number of ether oxygens (including phenoxy) is 1. The molecule has 0 bridgehead atoms. The van der Waals surface area contributed by atoms with Crippen molar-refractivity contribution in [2.24, 2.45) is 0 Å². The van der Waals surface area contributed by atoms with Gasteiger partial charge in [-0.05, 0) is 24.3 Å². The van der Waals surface area contributed by atoms with Crippen LogP contribution in [0.1, 0.15) is 23.8 Å². The Hall–Kier alpha value is -1.40. The molecule has 2 atom stereocenters. The van der Waals surface area contributed by atoms with Gasteiger partial charge in [-0.1, -0.05) is 6.07 Å². The molecule has 0 aliphatic carbocycles. The first-order valence-corrected chi connectivity index (χ1v) is 6.24. The van der Waals surface area contributed by atoms with E-state index in [1.807, 2.05) is 0 Å². The number of thiophene rings is 1. The van der Waals surface area contributed by atoms with E-state index >= 15 is 0 Å². The molecule has 1 aromatic rings. The monoisotopic (exact) mass is 255 g/mol. The van der Waals surface area contributed by atoms with Gasteiger partial charge in [0.1, 0.15) is 6.10 Å². The molecule has 1 aromatic heterocycles. The number of hydrogen-bond acceptors (Lipinski definition) is 4. The number of carboxylic acids is 1. The van der Waals surface area contributed by atoms with Crippen molar-refractivity contribution in [3.63, 3.8) is 0 Å². The molecule has 0 radical (unpaired) electrons. The van der Waals surface area contributed by atoms with Crippen molar-refractivity contribution in [3.05, 3.63) is 22.4 Å². The zero-order valence-electron chi connectivity index (χ0n) is 9.09. The molecule has 0 saturated carbocycles. The van der Waals surface area contributed by atoms with Gasteiger partial charge in [0.2, 0.25) is 5.91 Å². The van der Waals surface area contributed by atoms with Crippen LogP contribution in [0.2, 0.25) is 0 Å². The van der Waals surface area contributed by atoms with Crippen LogP contribution in [0.3, 0.4) is 0 Å². The summed E-state index contributed by atoms with van der Waals surface area (Å²) in [5.41, 5.74) is 0. The predicted molar refractivity (Wildman–Crippen MR) is 61.8 cm³/mol. The summed E-state index contributed by atoms with van der Waals surface area (Å²) in [5, 5.41) is 13.4. The van der Waals surface area contributed by atoms with Crippen molar-refractivity contribution in [1.82, 2.24) is 5.32 Å². The maximum absolute atomic E-state index is 11.8. The number of carbonyl (C=O) groups excluding carboxylic acids is 1. The minimum atomic E-state index is -1.06. The van der Waals surface area contributed by atoms with Gasteiger partial charge in [-0.25, -0.2) is 4.79 Å². The highest BCUT2D eigenvalue weighted by molar-refractivity contribution is 7.10. The molecular formula is C11H13NO4S. The Morgan fingerprint density at radius 3 is 2.94 bits per heavy atom. The second kappa shape index (κ2) is 5.29. The van der Waals surface area contributed by atoms with Crippen LogP contribution in [0, 0.1) is 0 Å². The normalized spacial score (nSPS) is 21.1. The summed E-state index contributed by atoms with van der Waals surface area (Å²) in [6.07, 6.45) is 0.995. The minimum absolute atomic E-state index is 0.344. The molecular weight excluding hydrogens is 242 g/mol. The van der Waals surface area contributed by atoms with E-state index in [1.54, 1.807) is 17.5 Å². The summed E-state index contributed by atoms with van der Waals surface area (Å²) < 4.78 is 5.21. The summed E-state index contributed by atoms with van der Waals surface area (Å²) >= 11 is 1.31. The molecule has 2 rings (SSSR count). The van der Waals surface area contributed by atoms with Crippen LogP contribution >= 0.6 is 11.3 Å². The Labute approximate surface area is 102 Å². The SMILES string of the molecule is O=C(O)C(NC(=O)[C@H]1CCCO1)c1cccs1. The molecule has 92 valence electrons. The number of hydrogen-bond donors (Lipinski definition) is 2. The highest BCUT2D eigenvalue weighted by Crippen LogP contribution is 2.20. The van der Waals surface area contributed by atoms with Gasteiger partial charge in [0.15, 0.2) is 6.04 Å². The zero-order valence-corrected chi connectivity index (χ0v) is 9.90. The van der Waals surface area contributed by atoms with Gasteiger partial charge in [-0.3, -0.25) is 4.79 Å². The molecule has 1 aliphatic rings. The number of carbonyl (C=O) groups is 2. The van der Waals surface area contributed by atoms with Crippen molar-refractivity contribution >= 4 is 23.2 Å². The Morgan fingerprint density at radius 2 is 2.41 bits per heavy atom. The first-order chi connectivity index (χ1) is 8.18. The molecule has 5 nitrogen and oxygen atoms in total. The summed E-state index contributed by atoms with van der Waals surface area (Å²) in [7, 11) is 0. The highest BCUT2D eigenvalue weighted by atomic mass is 32.1. The maximum Gasteiger partial charge on any atom is 0.331 e. The Bertz CT molecular complexity index is 398. The average Bonchev–Trinajstić information content (AvgIpc) is 2.97. The average molecular weight is 255 g/mol. The van der Waals surface area contributed by atoms with E-state index in [-0.39, 0.29) is 5.91 Å². The lowest BCUT2D eigenvalue weighted by Gasteiger charge is -2.15. The summed E-state index contributed by atoms with van der Waals surface area (Å²) in [5.74, 6) is -1.40. The van der Waals surface area contributed by atoms with Gasteiger partial charge in [0.25, 0.3) is 0 Å². The Morgan fingerprint density at radius 1 is 1.59 bits per heavy atom. The van der Waals surface area contributed by atoms with Gasteiger partial charge in [0, 0.05) is 11.5 Å². The van der Waals surface area contributed by atoms with Crippen LogP contribution in [0.25, 0.3) is 0 Å². The van der Waals surface area contributed by atoms with Crippen LogP contribution in [0.15, 0.2) is 17.5 Å². The van der Waals surface area contributed by atoms with Crippen molar-refractivity contribution in [3.8, 4) is 0 Å². The standard InChI is InChI=1S/C11H13NO4S/c13-10(7-3-1-5-16-7)12-9(11(14)15)8-4-2-6-17-8/h2,4,6-7,9H,1,3,5H2,(H,12,13)(H,14,15)/t7-,9?/m1/s1. The molecule has 1 fully saturated rings. The van der Waals surface area contributed by atoms with Crippen molar-refractivity contribution in [2.75, 3.05) is 6.61 Å². The molecule has 2 heterocycles. The molecule has 1 amide bonds. The molecule has 1 aliphatic heterocycles. The van der Waals surface area contributed by atoms with E-state index in [9.17, 15) is 9.59 Å². The number of nitrogens with one attached hydrogen (secondary N) is 1. The fourth-order valence-corrected chi connectivity index (χ4v) is 2.50. The van der Waals surface area contributed by atoms with Gasteiger partial charge in [-0.2, -0.15) is 0 Å². The second-order valence-corrected chi connectivity index (χ2v) is 4.78. The van der Waals surface area contributed by atoms with Crippen LogP contribution in [-0.2, 0) is 14.3 Å². The van der Waals surface area contributed by atoms with E-state index in [1.165, 1.54) is 11.3 Å². The maximum atomic E-state index is 11.8. The summed E-state index contributed by atoms with van der Waals surface area (Å²) in [6.45, 7) is 0.564. The number of aliphatic carboxylic acids is 1. The molecule has 0 aromatic carbocycles. The van der Waals surface area contributed by atoms with Crippen LogP contribution in [-0.4, -0.2) is 29.7 Å². The topological polar surface area (TPSA) is 75.6 Å². The largest absolute Gasteiger partial charge is 0.479 e. The third-order valence-electron chi connectivity index (χ3n) is 2.58. The molecule has 1 saturated heterocycles. The molecule has 17 heavy (non-hydrogen) atoms. The quantitative estimate of drug-likeness (QED) is 0.846. The third-order valence-corrected chi connectivity index (χ3v) is 3.52. The lowest BCUT2D eigenvalue weighted by molar-refractivity contribution is -0.143. The van der Waals surface area contributed by atoms with Crippen LogP contribution in [0.4, 0.5) is 0 Å². The van der Waals surface area contributed by atoms with E-state index in [4.69, 9.17) is 9.84 Å². The van der Waals surface area contributed by atoms with E-state index in [2.05, 4.69) is 5.32 Å². The van der Waals surface area contributed by atoms with Crippen LogP contribution in [0.5, 0.6) is 0 Å². The number of amides is 1. The zero-order chi connectivity index (χ0) is 12.3. The smallest absolute Gasteiger partial charge is 0.331 e. The minimum Gasteiger partial charge on any atom is -0.479 e. The molecule has 6 heteroatoms. The van der Waals surface area contributed by atoms with Gasteiger partial charge in [0.05, 0.1) is 0 Å². The lowest BCUT2D eigenvalue weighted by Crippen LogP contribution is -2.39. The van der Waals surface area contributed by atoms with E-state index < -0.39 is 18.1 Å². The van der Waals surface area contributed by atoms with Crippen LogP contribution < -0.4 is 5.32 Å². The fraction of sp³-hybridized carbons (Fsp3) is 0.455. The van der Waals surface area contributed by atoms with E-state index in [0.717, 1.165) is 6.42 Å². The number of carboxylic acid groups (broad SMARTS) is 1. The lowest BCUT2D eigenvalue weighted by atomic mass is 10.2. The van der Waals surface area contributed by atoms with Gasteiger partial charge in [-0.15, -0.1) is 11.3 Å². The Kier molecular flexibility index (Phi) is 3.75. The summed E-state index contributed by atoms with van der Waals surface area (Å²) in [4.78, 5) is 23.5. The van der Waals surface area contributed by atoms with Crippen molar-refractivity contribution < 1.29 is 19.4 Å². The molecule has 1 unspecified atom stereocenters. The van der Waals surface area contributed by atoms with E-state index in [0.29, 0.717) is 17.9 Å². The first-order valence-electron chi connectivity index (χ1n) is 5.36. The van der Waals surface area contributed by atoms with Crippen molar-refractivity contribution in [1.29, 1.82) is 0 Å². The van der Waals surface area contributed by atoms with Gasteiger partial charge < -0.3 is 15.2 Å². The summed E-state index contributed by atoms with van der Waals surface area (Å²) in [6, 6.07) is 2.47. The third kappa shape index (κ3) is 2.83. The Balaban J connectivity index is 2.03. The number of rotatable bonds is 4.